The van der Waals surface area contributed by atoms with Crippen molar-refractivity contribution in [3.8, 4) is 11.3 Å². The van der Waals surface area contributed by atoms with Gasteiger partial charge >= 0.3 is 0 Å². The van der Waals surface area contributed by atoms with Gasteiger partial charge in [0.25, 0.3) is 11.8 Å². The van der Waals surface area contributed by atoms with E-state index in [1.807, 2.05) is 0 Å². The first kappa shape index (κ1) is 22.3. The fourth-order valence-corrected chi connectivity index (χ4v) is 4.21. The average Bonchev–Trinajstić information content (AvgIpc) is 3.32. The average molecular weight is 466 g/mol. The van der Waals surface area contributed by atoms with E-state index < -0.39 is 5.82 Å². The van der Waals surface area contributed by atoms with E-state index in [9.17, 15) is 23.6 Å². The van der Waals surface area contributed by atoms with Gasteiger partial charge in [-0.15, -0.1) is 11.3 Å². The van der Waals surface area contributed by atoms with Crippen molar-refractivity contribution < 1.29 is 23.6 Å². The summed E-state index contributed by atoms with van der Waals surface area (Å²) in [7, 11) is 0. The number of nitrogens with zero attached hydrogens (tertiary/aromatic N) is 2. The molecule has 33 heavy (non-hydrogen) atoms. The van der Waals surface area contributed by atoms with Gasteiger partial charge in [0.1, 0.15) is 5.82 Å². The second-order valence-corrected chi connectivity index (χ2v) is 8.23. The molecule has 0 unspecified atom stereocenters. The van der Waals surface area contributed by atoms with Crippen LogP contribution in [0, 0.1) is 5.82 Å². The minimum atomic E-state index is -0.551. The summed E-state index contributed by atoms with van der Waals surface area (Å²) in [5.41, 5.74) is 1.68. The van der Waals surface area contributed by atoms with Crippen LogP contribution in [0.5, 0.6) is 0 Å². The van der Waals surface area contributed by atoms with Gasteiger partial charge in [0.2, 0.25) is 11.8 Å². The molecule has 1 aliphatic heterocycles. The molecule has 2 heterocycles. The van der Waals surface area contributed by atoms with Crippen LogP contribution in [0.25, 0.3) is 11.3 Å². The normalized spacial score (nSPS) is 12.6. The van der Waals surface area contributed by atoms with Crippen LogP contribution < -0.4 is 10.6 Å². The minimum absolute atomic E-state index is 0.0854. The van der Waals surface area contributed by atoms with Crippen molar-refractivity contribution in [2.24, 2.45) is 0 Å². The first-order valence-electron chi connectivity index (χ1n) is 10.1. The Labute approximate surface area is 192 Å². The second-order valence-electron chi connectivity index (χ2n) is 7.37. The summed E-state index contributed by atoms with van der Waals surface area (Å²) >= 11 is 1.15. The summed E-state index contributed by atoms with van der Waals surface area (Å²) in [6.07, 6.45) is 0.386. The number of rotatable bonds is 7. The Morgan fingerprint density at radius 3 is 2.36 bits per heavy atom. The maximum Gasteiger partial charge on any atom is 0.261 e. The lowest BCUT2D eigenvalue weighted by atomic mass is 10.1. The third kappa shape index (κ3) is 4.80. The summed E-state index contributed by atoms with van der Waals surface area (Å²) in [4.78, 5) is 53.5. The molecule has 2 N–H and O–H groups in total. The van der Waals surface area contributed by atoms with E-state index in [1.165, 1.54) is 19.1 Å². The molecule has 0 fully saturated rings. The number of aromatic nitrogens is 1. The predicted octanol–water partition coefficient (Wildman–Crippen LogP) is 3.92. The smallest absolute Gasteiger partial charge is 0.261 e. The molecule has 3 aromatic rings. The zero-order chi connectivity index (χ0) is 23.5. The Morgan fingerprint density at radius 1 is 1.03 bits per heavy atom. The Kier molecular flexibility index (Phi) is 6.27. The third-order valence-electron chi connectivity index (χ3n) is 4.98. The van der Waals surface area contributed by atoms with Crippen LogP contribution in [0.3, 0.4) is 0 Å². The summed E-state index contributed by atoms with van der Waals surface area (Å²) < 4.78 is 14.4. The maximum atomic E-state index is 14.4. The highest BCUT2D eigenvalue weighted by Gasteiger charge is 2.34. The van der Waals surface area contributed by atoms with Gasteiger partial charge in [-0.05, 0) is 36.8 Å². The van der Waals surface area contributed by atoms with Crippen molar-refractivity contribution in [2.45, 2.75) is 19.8 Å². The molecule has 10 heteroatoms. The molecule has 0 radical (unpaired) electrons. The Balaban J connectivity index is 1.31. The van der Waals surface area contributed by atoms with Crippen LogP contribution in [0.4, 0.5) is 15.2 Å². The van der Waals surface area contributed by atoms with E-state index in [4.69, 9.17) is 0 Å². The van der Waals surface area contributed by atoms with Gasteiger partial charge in [0.15, 0.2) is 5.13 Å². The zero-order valence-electron chi connectivity index (χ0n) is 17.6. The highest BCUT2D eigenvalue weighted by Crippen LogP contribution is 2.29. The molecule has 0 saturated carbocycles. The van der Waals surface area contributed by atoms with Gasteiger partial charge in [0.05, 0.1) is 16.8 Å². The molecule has 4 amide bonds. The number of imide groups is 1. The number of thiazole rings is 1. The molecule has 1 aliphatic rings. The molecular weight excluding hydrogens is 447 g/mol. The second kappa shape index (κ2) is 9.29. The molecule has 1 aromatic heterocycles. The van der Waals surface area contributed by atoms with E-state index in [2.05, 4.69) is 15.6 Å². The number of nitrogens with one attached hydrogen (secondary N) is 2. The summed E-state index contributed by atoms with van der Waals surface area (Å²) in [5, 5.41) is 7.08. The Morgan fingerprint density at radius 2 is 1.73 bits per heavy atom. The van der Waals surface area contributed by atoms with E-state index in [1.54, 1.807) is 35.7 Å². The first-order valence-corrected chi connectivity index (χ1v) is 11.0. The van der Waals surface area contributed by atoms with E-state index in [0.717, 1.165) is 16.2 Å². The van der Waals surface area contributed by atoms with Crippen molar-refractivity contribution in [3.05, 3.63) is 64.8 Å². The Bertz CT molecular complexity index is 1240. The van der Waals surface area contributed by atoms with Crippen LogP contribution in [0.2, 0.25) is 0 Å². The largest absolute Gasteiger partial charge is 0.326 e. The lowest BCUT2D eigenvalue weighted by molar-refractivity contribution is -0.116. The number of benzene rings is 2. The fraction of sp³-hybridized carbons (Fsp3) is 0.174. The molecule has 2 aromatic carbocycles. The number of halogens is 1. The number of hydrogen-bond acceptors (Lipinski definition) is 6. The maximum absolute atomic E-state index is 14.4. The van der Waals surface area contributed by atoms with Crippen molar-refractivity contribution in [1.82, 2.24) is 9.88 Å². The molecule has 4 rings (SSSR count). The zero-order valence-corrected chi connectivity index (χ0v) is 18.4. The van der Waals surface area contributed by atoms with E-state index >= 15 is 0 Å². The molecule has 0 spiro atoms. The van der Waals surface area contributed by atoms with Gasteiger partial charge in [-0.3, -0.25) is 24.1 Å². The SMILES string of the molecule is CC(=O)Nc1ccc(-c2csc(NC(=O)CCCN3C(=O)c4ccccc4C3=O)n2)c(F)c1. The summed E-state index contributed by atoms with van der Waals surface area (Å²) in [5.74, 6) is -1.89. The number of carbonyl (C=O) groups is 4. The number of hydrogen-bond donors (Lipinski definition) is 2. The lowest BCUT2D eigenvalue weighted by Gasteiger charge is -2.13. The molecule has 0 aliphatic carbocycles. The van der Waals surface area contributed by atoms with Crippen LogP contribution in [0.1, 0.15) is 40.5 Å². The highest BCUT2D eigenvalue weighted by atomic mass is 32.1. The number of anilines is 2. The third-order valence-corrected chi connectivity index (χ3v) is 5.74. The number of fused-ring (bicyclic) bond motifs is 1. The molecule has 0 atom stereocenters. The van der Waals surface area contributed by atoms with E-state index in [0.29, 0.717) is 34.1 Å². The Hall–Kier alpha value is -3.92. The molecule has 0 saturated heterocycles. The van der Waals surface area contributed by atoms with Crippen LogP contribution in [-0.2, 0) is 9.59 Å². The molecule has 168 valence electrons. The quantitative estimate of drug-likeness (QED) is 0.513. The molecule has 0 bridgehead atoms. The van der Waals surface area contributed by atoms with Gasteiger partial charge in [0, 0.05) is 36.5 Å². The minimum Gasteiger partial charge on any atom is -0.326 e. The van der Waals surface area contributed by atoms with Crippen molar-refractivity contribution in [3.63, 3.8) is 0 Å². The van der Waals surface area contributed by atoms with E-state index in [-0.39, 0.29) is 42.2 Å². The lowest BCUT2D eigenvalue weighted by Crippen LogP contribution is -2.31. The monoisotopic (exact) mass is 466 g/mol. The van der Waals surface area contributed by atoms with Crippen LogP contribution in [-0.4, -0.2) is 40.1 Å². The predicted molar refractivity (Wildman–Crippen MR) is 121 cm³/mol. The summed E-state index contributed by atoms with van der Waals surface area (Å²) in [6.45, 7) is 1.47. The van der Waals surface area contributed by atoms with Gasteiger partial charge in [-0.1, -0.05) is 12.1 Å². The van der Waals surface area contributed by atoms with Crippen molar-refractivity contribution in [1.29, 1.82) is 0 Å². The number of carbonyl (C=O) groups excluding carboxylic acids is 4. The van der Waals surface area contributed by atoms with Crippen LogP contribution in [0.15, 0.2) is 47.8 Å². The summed E-state index contributed by atoms with van der Waals surface area (Å²) in [6, 6.07) is 10.9. The van der Waals surface area contributed by atoms with Gasteiger partial charge in [-0.25, -0.2) is 9.37 Å². The fourth-order valence-electron chi connectivity index (χ4n) is 3.48. The van der Waals surface area contributed by atoms with Crippen molar-refractivity contribution >= 4 is 45.8 Å². The van der Waals surface area contributed by atoms with Crippen molar-refractivity contribution in [2.75, 3.05) is 17.2 Å². The first-order chi connectivity index (χ1) is 15.8. The topological polar surface area (TPSA) is 108 Å². The standard InChI is InChI=1S/C23H19FN4O4S/c1-13(29)25-14-8-9-17(18(24)11-14)19-12-33-23(26-19)27-20(30)7-4-10-28-21(31)15-5-2-3-6-16(15)22(28)32/h2-3,5-6,8-9,11-12H,4,7,10H2,1H3,(H,25,29)(H,26,27,30). The van der Waals surface area contributed by atoms with Gasteiger partial charge < -0.3 is 10.6 Å². The van der Waals surface area contributed by atoms with Crippen LogP contribution >= 0.6 is 11.3 Å². The number of amides is 4. The highest BCUT2D eigenvalue weighted by molar-refractivity contribution is 7.14. The molecular formula is C23H19FN4O4S. The molecule has 8 nitrogen and oxygen atoms in total. The van der Waals surface area contributed by atoms with Gasteiger partial charge in [-0.2, -0.15) is 0 Å².